The zero-order valence-corrected chi connectivity index (χ0v) is 27.3. The first-order valence-electron chi connectivity index (χ1n) is 16.3. The SMILES string of the molecule is Cc1c(-c2ccccn2)nc(-c2ccc3c(c2)C(C)(C)c2cc4c(cc2-3)C(C)(C)c2ccc3ccccc3c2-4)nc1-c1ccccn1. The molecule has 3 heterocycles. The summed E-state index contributed by atoms with van der Waals surface area (Å²) in [4.78, 5) is 19.6. The van der Waals surface area contributed by atoms with Crippen molar-refractivity contribution in [2.45, 2.75) is 45.4 Å². The summed E-state index contributed by atoms with van der Waals surface area (Å²) in [6.07, 6.45) is 3.62. The van der Waals surface area contributed by atoms with Crippen LogP contribution in [0.2, 0.25) is 0 Å². The Morgan fingerprint density at radius 1 is 0.511 bits per heavy atom. The first-order valence-corrected chi connectivity index (χ1v) is 16.3. The van der Waals surface area contributed by atoms with Crippen LogP contribution in [-0.2, 0) is 10.8 Å². The minimum Gasteiger partial charge on any atom is -0.255 e. The Morgan fingerprint density at radius 3 is 1.79 bits per heavy atom. The fourth-order valence-electron chi connectivity index (χ4n) is 8.02. The summed E-state index contributed by atoms with van der Waals surface area (Å²) in [7, 11) is 0. The minimum absolute atomic E-state index is 0.0872. The molecule has 0 N–H and O–H groups in total. The van der Waals surface area contributed by atoms with E-state index >= 15 is 0 Å². The van der Waals surface area contributed by atoms with Crippen LogP contribution in [-0.4, -0.2) is 19.9 Å². The molecule has 0 spiro atoms. The molecule has 3 aromatic heterocycles. The standard InChI is InChI=1S/C43H34N4/c1-25-39(36-14-8-10-20-44-36)46-41(47-40(25)37-15-9-11-21-45-37)27-16-18-29-30-23-35-31(24-34(30)43(4,5)33(29)22-27)38-28-13-7-6-12-26(28)17-19-32(38)42(35,2)3/h6-24H,1-5H3. The van der Waals surface area contributed by atoms with Gasteiger partial charge in [-0.05, 0) is 105 Å². The van der Waals surface area contributed by atoms with Gasteiger partial charge < -0.3 is 0 Å². The first kappa shape index (κ1) is 27.8. The minimum atomic E-state index is -0.203. The van der Waals surface area contributed by atoms with Crippen molar-refractivity contribution >= 4 is 10.8 Å². The molecule has 7 aromatic rings. The van der Waals surface area contributed by atoms with Crippen LogP contribution in [0.1, 0.15) is 55.5 Å². The van der Waals surface area contributed by atoms with Crippen molar-refractivity contribution in [1.82, 2.24) is 19.9 Å². The first-order chi connectivity index (χ1) is 22.7. The monoisotopic (exact) mass is 606 g/mol. The normalized spacial score (nSPS) is 14.8. The van der Waals surface area contributed by atoms with Crippen molar-refractivity contribution in [3.05, 3.63) is 143 Å². The van der Waals surface area contributed by atoms with Gasteiger partial charge >= 0.3 is 0 Å². The van der Waals surface area contributed by atoms with Crippen LogP contribution < -0.4 is 0 Å². The highest BCUT2D eigenvalue weighted by Crippen LogP contribution is 2.57. The zero-order valence-electron chi connectivity index (χ0n) is 27.3. The van der Waals surface area contributed by atoms with E-state index in [9.17, 15) is 0 Å². The third kappa shape index (κ3) is 3.94. The van der Waals surface area contributed by atoms with Gasteiger partial charge in [-0.25, -0.2) is 9.97 Å². The van der Waals surface area contributed by atoms with E-state index in [1.54, 1.807) is 0 Å². The highest BCUT2D eigenvalue weighted by molar-refractivity contribution is 6.03. The van der Waals surface area contributed by atoms with Gasteiger partial charge in [0.2, 0.25) is 0 Å². The van der Waals surface area contributed by atoms with Crippen molar-refractivity contribution in [3.8, 4) is 56.4 Å². The Morgan fingerprint density at radius 2 is 1.11 bits per heavy atom. The van der Waals surface area contributed by atoms with Gasteiger partial charge in [0.15, 0.2) is 5.82 Å². The number of aromatic nitrogens is 4. The summed E-state index contributed by atoms with van der Waals surface area (Å²) in [6.45, 7) is 11.5. The number of hydrogen-bond donors (Lipinski definition) is 0. The summed E-state index contributed by atoms with van der Waals surface area (Å²) in [5.41, 5.74) is 15.8. The predicted octanol–water partition coefficient (Wildman–Crippen LogP) is 10.3. The molecule has 0 bridgehead atoms. The van der Waals surface area contributed by atoms with Crippen molar-refractivity contribution in [2.24, 2.45) is 0 Å². The van der Waals surface area contributed by atoms with Gasteiger partial charge in [0, 0.05) is 34.4 Å². The topological polar surface area (TPSA) is 51.6 Å². The van der Waals surface area contributed by atoms with Crippen molar-refractivity contribution in [3.63, 3.8) is 0 Å². The van der Waals surface area contributed by atoms with Crippen LogP contribution >= 0.6 is 0 Å². The van der Waals surface area contributed by atoms with Crippen LogP contribution in [0, 0.1) is 6.92 Å². The average molecular weight is 607 g/mol. The van der Waals surface area contributed by atoms with E-state index < -0.39 is 0 Å². The lowest BCUT2D eigenvalue weighted by molar-refractivity contribution is 0.652. The third-order valence-electron chi connectivity index (χ3n) is 10.6. The number of benzene rings is 4. The molecule has 0 aliphatic heterocycles. The summed E-state index contributed by atoms with van der Waals surface area (Å²) in [5, 5.41) is 2.62. The van der Waals surface area contributed by atoms with E-state index in [1.807, 2.05) is 48.8 Å². The maximum atomic E-state index is 5.14. The summed E-state index contributed by atoms with van der Waals surface area (Å²) < 4.78 is 0. The Kier molecular flexibility index (Phi) is 5.77. The Labute approximate surface area is 275 Å². The number of nitrogens with zero attached hydrogens (tertiary/aromatic N) is 4. The van der Waals surface area contributed by atoms with E-state index in [1.165, 1.54) is 55.3 Å². The largest absolute Gasteiger partial charge is 0.255 e. The fourth-order valence-corrected chi connectivity index (χ4v) is 8.02. The molecule has 0 amide bonds. The molecule has 9 rings (SSSR count). The lowest BCUT2D eigenvalue weighted by atomic mass is 9.79. The zero-order chi connectivity index (χ0) is 32.1. The number of fused-ring (bicyclic) bond motifs is 8. The lowest BCUT2D eigenvalue weighted by Gasteiger charge is -2.24. The molecule has 47 heavy (non-hydrogen) atoms. The van der Waals surface area contributed by atoms with E-state index in [-0.39, 0.29) is 10.8 Å². The van der Waals surface area contributed by atoms with Crippen molar-refractivity contribution < 1.29 is 0 Å². The molecule has 226 valence electrons. The molecule has 0 unspecified atom stereocenters. The molecule has 2 aliphatic carbocycles. The Balaban J connectivity index is 1.22. The van der Waals surface area contributed by atoms with Gasteiger partial charge in [-0.15, -0.1) is 0 Å². The van der Waals surface area contributed by atoms with E-state index in [2.05, 4.69) is 111 Å². The van der Waals surface area contributed by atoms with Crippen LogP contribution in [0.15, 0.2) is 116 Å². The highest BCUT2D eigenvalue weighted by atomic mass is 14.9. The molecule has 2 aliphatic rings. The van der Waals surface area contributed by atoms with Crippen LogP contribution in [0.3, 0.4) is 0 Å². The number of hydrogen-bond acceptors (Lipinski definition) is 4. The fraction of sp³-hybridized carbons (Fsp3) is 0.163. The molecule has 0 radical (unpaired) electrons. The quantitative estimate of drug-likeness (QED) is 0.201. The highest BCUT2D eigenvalue weighted by Gasteiger charge is 2.42. The van der Waals surface area contributed by atoms with Crippen LogP contribution in [0.25, 0.3) is 67.2 Å². The second kappa shape index (κ2) is 9.76. The molecule has 0 fully saturated rings. The van der Waals surface area contributed by atoms with E-state index in [0.717, 1.165) is 33.9 Å². The Hall–Kier alpha value is -5.48. The van der Waals surface area contributed by atoms with Gasteiger partial charge in [0.1, 0.15) is 0 Å². The molecule has 4 aromatic carbocycles. The Bertz CT molecular complexity index is 2350. The molecule has 4 heteroatoms. The number of rotatable bonds is 3. The molecule has 4 nitrogen and oxygen atoms in total. The second-order valence-corrected chi connectivity index (χ2v) is 14.0. The van der Waals surface area contributed by atoms with E-state index in [4.69, 9.17) is 9.97 Å². The van der Waals surface area contributed by atoms with Crippen LogP contribution in [0.5, 0.6) is 0 Å². The molecule has 0 atom stereocenters. The average Bonchev–Trinajstić information content (AvgIpc) is 3.47. The lowest BCUT2D eigenvalue weighted by Crippen LogP contribution is -2.17. The summed E-state index contributed by atoms with van der Waals surface area (Å²) >= 11 is 0. The predicted molar refractivity (Wildman–Crippen MR) is 191 cm³/mol. The smallest absolute Gasteiger partial charge is 0.160 e. The van der Waals surface area contributed by atoms with Gasteiger partial charge in [-0.3, -0.25) is 9.97 Å². The van der Waals surface area contributed by atoms with E-state index in [0.29, 0.717) is 5.82 Å². The third-order valence-corrected chi connectivity index (χ3v) is 10.6. The van der Waals surface area contributed by atoms with Gasteiger partial charge in [-0.1, -0.05) is 88.4 Å². The van der Waals surface area contributed by atoms with Crippen molar-refractivity contribution in [1.29, 1.82) is 0 Å². The molecular formula is C43H34N4. The second-order valence-electron chi connectivity index (χ2n) is 14.0. The number of pyridine rings is 2. The maximum absolute atomic E-state index is 5.14. The van der Waals surface area contributed by atoms with Crippen LogP contribution in [0.4, 0.5) is 0 Å². The molecule has 0 saturated carbocycles. The maximum Gasteiger partial charge on any atom is 0.160 e. The van der Waals surface area contributed by atoms with Gasteiger partial charge in [-0.2, -0.15) is 0 Å². The molecule has 0 saturated heterocycles. The summed E-state index contributed by atoms with van der Waals surface area (Å²) in [5.74, 6) is 0.676. The van der Waals surface area contributed by atoms with Crippen molar-refractivity contribution in [2.75, 3.05) is 0 Å². The van der Waals surface area contributed by atoms with Gasteiger partial charge in [0.05, 0.1) is 22.8 Å². The molecular weight excluding hydrogens is 573 g/mol. The summed E-state index contributed by atoms with van der Waals surface area (Å²) in [6, 6.07) is 37.0. The van der Waals surface area contributed by atoms with Gasteiger partial charge in [0.25, 0.3) is 0 Å².